The molecule has 0 radical (unpaired) electrons. The fraction of sp³-hybridized carbons (Fsp3) is 0.143. The standard InChI is InChI=1S/C14H12ClF2NO3S/c15-12-8-11(6-7-13(12)21-14(16)17)18-22(19,20)9-10-4-2-1-3-5-10/h1-8,14,18H,9H2. The van der Waals surface area contributed by atoms with Gasteiger partial charge in [-0.1, -0.05) is 41.9 Å². The maximum atomic E-state index is 12.1. The third-order valence-electron chi connectivity index (χ3n) is 2.62. The molecule has 118 valence electrons. The summed E-state index contributed by atoms with van der Waals surface area (Å²) in [5.74, 6) is -0.427. The molecular formula is C14H12ClF2NO3S. The normalized spacial score (nSPS) is 11.5. The van der Waals surface area contributed by atoms with Crippen molar-refractivity contribution in [2.24, 2.45) is 0 Å². The summed E-state index contributed by atoms with van der Waals surface area (Å²) in [6, 6.07) is 12.3. The third-order valence-corrected chi connectivity index (χ3v) is 4.18. The van der Waals surface area contributed by atoms with Crippen LogP contribution >= 0.6 is 11.6 Å². The van der Waals surface area contributed by atoms with Crippen molar-refractivity contribution in [1.29, 1.82) is 0 Å². The van der Waals surface area contributed by atoms with Gasteiger partial charge in [-0.05, 0) is 23.8 Å². The molecule has 0 fully saturated rings. The van der Waals surface area contributed by atoms with Crippen LogP contribution in [0.25, 0.3) is 0 Å². The fourth-order valence-electron chi connectivity index (χ4n) is 1.77. The number of halogens is 3. The second-order valence-electron chi connectivity index (χ2n) is 4.37. The summed E-state index contributed by atoms with van der Waals surface area (Å²) in [7, 11) is -3.64. The average Bonchev–Trinajstić information content (AvgIpc) is 2.41. The second kappa shape index (κ2) is 6.93. The predicted octanol–water partition coefficient (Wildman–Crippen LogP) is 3.88. The average molecular weight is 348 g/mol. The van der Waals surface area contributed by atoms with Crippen molar-refractivity contribution in [1.82, 2.24) is 0 Å². The van der Waals surface area contributed by atoms with E-state index in [2.05, 4.69) is 9.46 Å². The lowest BCUT2D eigenvalue weighted by atomic mass is 10.2. The van der Waals surface area contributed by atoms with Gasteiger partial charge in [0.05, 0.1) is 16.5 Å². The molecule has 2 aromatic carbocycles. The van der Waals surface area contributed by atoms with Crippen LogP contribution in [0.2, 0.25) is 5.02 Å². The van der Waals surface area contributed by atoms with Gasteiger partial charge in [0.1, 0.15) is 5.75 Å². The molecule has 0 saturated carbocycles. The number of rotatable bonds is 6. The van der Waals surface area contributed by atoms with Crippen molar-refractivity contribution in [2.45, 2.75) is 12.4 Å². The van der Waals surface area contributed by atoms with Gasteiger partial charge in [-0.25, -0.2) is 8.42 Å². The Bertz CT molecular complexity index is 739. The first-order valence-electron chi connectivity index (χ1n) is 6.14. The largest absolute Gasteiger partial charge is 0.433 e. The molecule has 0 saturated heterocycles. The summed E-state index contributed by atoms with van der Waals surface area (Å²) in [5.41, 5.74) is 0.793. The van der Waals surface area contributed by atoms with E-state index in [4.69, 9.17) is 11.6 Å². The first-order chi connectivity index (χ1) is 10.4. The van der Waals surface area contributed by atoms with Crippen molar-refractivity contribution in [3.8, 4) is 5.75 Å². The van der Waals surface area contributed by atoms with Crippen molar-refractivity contribution < 1.29 is 21.9 Å². The molecule has 0 aliphatic carbocycles. The van der Waals surface area contributed by atoms with Gasteiger partial charge in [-0.2, -0.15) is 8.78 Å². The minimum Gasteiger partial charge on any atom is -0.433 e. The Morgan fingerprint density at radius 3 is 2.41 bits per heavy atom. The molecule has 8 heteroatoms. The van der Waals surface area contributed by atoms with E-state index in [9.17, 15) is 17.2 Å². The highest BCUT2D eigenvalue weighted by Crippen LogP contribution is 2.29. The van der Waals surface area contributed by atoms with E-state index in [-0.39, 0.29) is 22.2 Å². The maximum absolute atomic E-state index is 12.1. The molecule has 0 bridgehead atoms. The van der Waals surface area contributed by atoms with Crippen LogP contribution in [0.4, 0.5) is 14.5 Å². The molecule has 1 N–H and O–H groups in total. The van der Waals surface area contributed by atoms with E-state index in [1.807, 2.05) is 0 Å². The molecule has 0 aliphatic rings. The monoisotopic (exact) mass is 347 g/mol. The van der Waals surface area contributed by atoms with E-state index in [1.165, 1.54) is 18.2 Å². The Hall–Kier alpha value is -1.86. The van der Waals surface area contributed by atoms with Crippen LogP contribution in [0, 0.1) is 0 Å². The zero-order valence-corrected chi connectivity index (χ0v) is 12.7. The molecule has 4 nitrogen and oxygen atoms in total. The van der Waals surface area contributed by atoms with Crippen molar-refractivity contribution >= 4 is 27.3 Å². The highest BCUT2D eigenvalue weighted by Gasteiger charge is 2.14. The van der Waals surface area contributed by atoms with Crippen LogP contribution in [-0.2, 0) is 15.8 Å². The first kappa shape index (κ1) is 16.5. The third kappa shape index (κ3) is 4.85. The number of alkyl halides is 2. The Kier molecular flexibility index (Phi) is 5.20. The van der Waals surface area contributed by atoms with Gasteiger partial charge in [-0.15, -0.1) is 0 Å². The summed E-state index contributed by atoms with van der Waals surface area (Å²) in [6.07, 6.45) is 0. The van der Waals surface area contributed by atoms with Gasteiger partial charge >= 0.3 is 6.61 Å². The number of hydrogen-bond donors (Lipinski definition) is 1. The summed E-state index contributed by atoms with van der Waals surface area (Å²) in [4.78, 5) is 0. The second-order valence-corrected chi connectivity index (χ2v) is 6.50. The molecule has 0 spiro atoms. The van der Waals surface area contributed by atoms with Crippen LogP contribution in [-0.4, -0.2) is 15.0 Å². The van der Waals surface area contributed by atoms with E-state index in [0.717, 1.165) is 0 Å². The summed E-state index contributed by atoms with van der Waals surface area (Å²) in [5, 5.41) is -0.111. The number of ether oxygens (including phenoxy) is 1. The lowest BCUT2D eigenvalue weighted by Crippen LogP contribution is -2.15. The highest BCUT2D eigenvalue weighted by molar-refractivity contribution is 7.91. The predicted molar refractivity (Wildman–Crippen MR) is 80.8 cm³/mol. The molecule has 0 amide bonds. The van der Waals surface area contributed by atoms with Crippen LogP contribution in [0.1, 0.15) is 5.56 Å². The van der Waals surface area contributed by atoms with Crippen LogP contribution in [0.3, 0.4) is 0 Å². The van der Waals surface area contributed by atoms with Crippen molar-refractivity contribution in [2.75, 3.05) is 4.72 Å². The Morgan fingerprint density at radius 2 is 1.82 bits per heavy atom. The molecule has 0 heterocycles. The summed E-state index contributed by atoms with van der Waals surface area (Å²) >= 11 is 5.77. The smallest absolute Gasteiger partial charge is 0.387 e. The van der Waals surface area contributed by atoms with Crippen LogP contribution in [0.15, 0.2) is 48.5 Å². The van der Waals surface area contributed by atoms with E-state index in [0.29, 0.717) is 5.56 Å². The maximum Gasteiger partial charge on any atom is 0.387 e. The van der Waals surface area contributed by atoms with Crippen molar-refractivity contribution in [3.05, 3.63) is 59.1 Å². The summed E-state index contributed by atoms with van der Waals surface area (Å²) in [6.45, 7) is -3.00. The number of hydrogen-bond acceptors (Lipinski definition) is 3. The molecule has 0 atom stereocenters. The molecule has 0 aliphatic heterocycles. The van der Waals surface area contributed by atoms with Gasteiger partial charge in [0.2, 0.25) is 10.0 Å². The summed E-state index contributed by atoms with van der Waals surface area (Å²) < 4.78 is 54.8. The Balaban J connectivity index is 2.11. The van der Waals surface area contributed by atoms with Crippen molar-refractivity contribution in [3.63, 3.8) is 0 Å². The van der Waals surface area contributed by atoms with E-state index >= 15 is 0 Å². The fourth-order valence-corrected chi connectivity index (χ4v) is 3.18. The molecule has 22 heavy (non-hydrogen) atoms. The SMILES string of the molecule is O=S(=O)(Cc1ccccc1)Nc1ccc(OC(F)F)c(Cl)c1. The minimum atomic E-state index is -3.64. The number of sulfonamides is 1. The molecule has 2 aromatic rings. The van der Waals surface area contributed by atoms with Crippen LogP contribution in [0.5, 0.6) is 5.75 Å². The quantitative estimate of drug-likeness (QED) is 0.862. The van der Waals surface area contributed by atoms with Crippen LogP contribution < -0.4 is 9.46 Å². The molecular weight excluding hydrogens is 336 g/mol. The number of nitrogens with one attached hydrogen (secondary N) is 1. The van der Waals surface area contributed by atoms with Gasteiger partial charge in [0, 0.05) is 0 Å². The molecule has 0 aromatic heterocycles. The Labute approximate surface area is 131 Å². The van der Waals surface area contributed by atoms with Gasteiger partial charge < -0.3 is 4.74 Å². The van der Waals surface area contributed by atoms with Gasteiger partial charge in [0.25, 0.3) is 0 Å². The van der Waals surface area contributed by atoms with Gasteiger partial charge in [0.15, 0.2) is 0 Å². The highest BCUT2D eigenvalue weighted by atomic mass is 35.5. The molecule has 0 unspecified atom stereocenters. The molecule has 2 rings (SSSR count). The number of benzene rings is 2. The topological polar surface area (TPSA) is 55.4 Å². The minimum absolute atomic E-state index is 0.111. The van der Waals surface area contributed by atoms with Gasteiger partial charge in [-0.3, -0.25) is 4.72 Å². The lowest BCUT2D eigenvalue weighted by molar-refractivity contribution is -0.0497. The Morgan fingerprint density at radius 1 is 1.14 bits per heavy atom. The van der Waals surface area contributed by atoms with E-state index in [1.54, 1.807) is 30.3 Å². The zero-order chi connectivity index (χ0) is 16.2. The van der Waals surface area contributed by atoms with E-state index < -0.39 is 16.6 Å². The first-order valence-corrected chi connectivity index (χ1v) is 8.17. The lowest BCUT2D eigenvalue weighted by Gasteiger charge is -2.11. The number of anilines is 1. The zero-order valence-electron chi connectivity index (χ0n) is 11.2.